The van der Waals surface area contributed by atoms with E-state index < -0.39 is 16.1 Å². The standard InChI is InChI=1S/C13H15FO5S/c1-20(16,17)19-8-7-11(9-14)10-18-13(15)12-5-3-2-4-6-12/h2-6,9H,7-8,10H2,1H3. The molecule has 0 aliphatic carbocycles. The van der Waals surface area contributed by atoms with Crippen molar-refractivity contribution in [2.24, 2.45) is 0 Å². The fraction of sp³-hybridized carbons (Fsp3) is 0.308. The zero-order valence-electron chi connectivity index (χ0n) is 10.9. The Bertz CT molecular complexity index is 566. The Hall–Kier alpha value is -1.73. The highest BCUT2D eigenvalue weighted by atomic mass is 32.2. The van der Waals surface area contributed by atoms with Crippen LogP contribution in [0, 0.1) is 0 Å². The molecule has 1 rings (SSSR count). The van der Waals surface area contributed by atoms with E-state index in [1.165, 1.54) is 0 Å². The van der Waals surface area contributed by atoms with Gasteiger partial charge in [-0.3, -0.25) is 4.18 Å². The van der Waals surface area contributed by atoms with Gasteiger partial charge in [-0.15, -0.1) is 0 Å². The van der Waals surface area contributed by atoms with Crippen LogP contribution in [-0.2, 0) is 19.0 Å². The van der Waals surface area contributed by atoms with Crippen molar-refractivity contribution in [3.8, 4) is 0 Å². The van der Waals surface area contributed by atoms with Crippen LogP contribution in [0.3, 0.4) is 0 Å². The number of carbonyl (C=O) groups excluding carboxylic acids is 1. The summed E-state index contributed by atoms with van der Waals surface area (Å²) in [5.74, 6) is -0.575. The first-order valence-electron chi connectivity index (χ1n) is 5.77. The van der Waals surface area contributed by atoms with E-state index in [4.69, 9.17) is 4.74 Å². The van der Waals surface area contributed by atoms with Gasteiger partial charge in [0, 0.05) is 0 Å². The topological polar surface area (TPSA) is 69.7 Å². The highest BCUT2D eigenvalue weighted by Crippen LogP contribution is 2.07. The molecule has 0 aromatic heterocycles. The fourth-order valence-electron chi connectivity index (χ4n) is 1.30. The van der Waals surface area contributed by atoms with Gasteiger partial charge in [0.15, 0.2) is 0 Å². The third-order valence-electron chi connectivity index (χ3n) is 2.27. The second kappa shape index (κ2) is 7.76. The second-order valence-corrected chi connectivity index (χ2v) is 5.63. The average Bonchev–Trinajstić information content (AvgIpc) is 2.42. The molecule has 1 aromatic carbocycles. The molecule has 0 aliphatic heterocycles. The summed E-state index contributed by atoms with van der Waals surface area (Å²) in [4.78, 5) is 11.6. The first-order valence-corrected chi connectivity index (χ1v) is 7.59. The molecule has 0 radical (unpaired) electrons. The monoisotopic (exact) mass is 302 g/mol. The lowest BCUT2D eigenvalue weighted by atomic mass is 10.2. The first kappa shape index (κ1) is 16.3. The Morgan fingerprint density at radius 1 is 1.30 bits per heavy atom. The number of esters is 1. The van der Waals surface area contributed by atoms with E-state index in [9.17, 15) is 17.6 Å². The Morgan fingerprint density at radius 2 is 1.95 bits per heavy atom. The van der Waals surface area contributed by atoms with Crippen LogP contribution in [0.2, 0.25) is 0 Å². The lowest BCUT2D eigenvalue weighted by Crippen LogP contribution is -2.10. The fourth-order valence-corrected chi connectivity index (χ4v) is 1.68. The molecule has 0 atom stereocenters. The molecule has 0 bridgehead atoms. The van der Waals surface area contributed by atoms with Crippen molar-refractivity contribution in [3.05, 3.63) is 47.8 Å². The summed E-state index contributed by atoms with van der Waals surface area (Å²) in [7, 11) is -3.56. The summed E-state index contributed by atoms with van der Waals surface area (Å²) in [6.45, 7) is -0.450. The normalized spacial score (nSPS) is 12.2. The smallest absolute Gasteiger partial charge is 0.338 e. The number of halogens is 1. The van der Waals surface area contributed by atoms with Gasteiger partial charge in [0.2, 0.25) is 0 Å². The zero-order chi connectivity index (χ0) is 15.0. The number of hydrogen-bond acceptors (Lipinski definition) is 5. The van der Waals surface area contributed by atoms with Crippen LogP contribution in [0.25, 0.3) is 0 Å². The number of carbonyl (C=O) groups is 1. The van der Waals surface area contributed by atoms with Gasteiger partial charge < -0.3 is 4.74 Å². The van der Waals surface area contributed by atoms with Crippen LogP contribution < -0.4 is 0 Å². The van der Waals surface area contributed by atoms with Gasteiger partial charge in [-0.25, -0.2) is 9.18 Å². The van der Waals surface area contributed by atoms with Crippen molar-refractivity contribution < 1.29 is 26.5 Å². The van der Waals surface area contributed by atoms with Gasteiger partial charge in [0.05, 0.1) is 24.8 Å². The molecule has 0 saturated heterocycles. The maximum Gasteiger partial charge on any atom is 0.338 e. The van der Waals surface area contributed by atoms with Crippen molar-refractivity contribution in [2.75, 3.05) is 19.5 Å². The summed E-state index contributed by atoms with van der Waals surface area (Å²) in [6, 6.07) is 8.28. The minimum atomic E-state index is -3.56. The number of rotatable bonds is 7. The molecule has 1 aromatic rings. The van der Waals surface area contributed by atoms with E-state index in [0.29, 0.717) is 5.56 Å². The molecule has 0 unspecified atom stereocenters. The first-order chi connectivity index (χ1) is 9.42. The summed E-state index contributed by atoms with van der Waals surface area (Å²) < 4.78 is 43.4. The van der Waals surface area contributed by atoms with Crippen molar-refractivity contribution in [3.63, 3.8) is 0 Å². The highest BCUT2D eigenvalue weighted by Gasteiger charge is 2.09. The Morgan fingerprint density at radius 3 is 2.50 bits per heavy atom. The summed E-state index contributed by atoms with van der Waals surface area (Å²) in [5.41, 5.74) is 0.496. The van der Waals surface area contributed by atoms with Gasteiger partial charge in [0.1, 0.15) is 6.61 Å². The minimum absolute atomic E-state index is 0.0195. The highest BCUT2D eigenvalue weighted by molar-refractivity contribution is 7.85. The maximum atomic E-state index is 12.6. The summed E-state index contributed by atoms with van der Waals surface area (Å²) in [6.07, 6.45) is 1.21. The predicted molar refractivity (Wildman–Crippen MR) is 71.3 cm³/mol. The second-order valence-electron chi connectivity index (χ2n) is 3.99. The van der Waals surface area contributed by atoms with Gasteiger partial charge in [0.25, 0.3) is 10.1 Å². The molecule has 0 spiro atoms. The van der Waals surface area contributed by atoms with Crippen molar-refractivity contribution in [2.45, 2.75) is 6.42 Å². The number of ether oxygens (including phenoxy) is 1. The van der Waals surface area contributed by atoms with E-state index in [2.05, 4.69) is 4.18 Å². The van der Waals surface area contributed by atoms with Crippen LogP contribution in [0.1, 0.15) is 16.8 Å². The van der Waals surface area contributed by atoms with E-state index >= 15 is 0 Å². The number of benzene rings is 1. The third-order valence-corrected chi connectivity index (χ3v) is 2.87. The van der Waals surface area contributed by atoms with Crippen LogP contribution in [0.5, 0.6) is 0 Å². The molecular weight excluding hydrogens is 287 g/mol. The molecule has 7 heteroatoms. The largest absolute Gasteiger partial charge is 0.457 e. The molecule has 0 aliphatic rings. The Labute approximate surface area is 117 Å². The lowest BCUT2D eigenvalue weighted by Gasteiger charge is -2.07. The molecule has 0 heterocycles. The van der Waals surface area contributed by atoms with Crippen molar-refractivity contribution >= 4 is 16.1 Å². The molecule has 0 saturated carbocycles. The zero-order valence-corrected chi connectivity index (χ0v) is 11.7. The van der Waals surface area contributed by atoms with Crippen LogP contribution in [-0.4, -0.2) is 33.9 Å². The Kier molecular flexibility index (Phi) is 6.33. The van der Waals surface area contributed by atoms with Gasteiger partial charge >= 0.3 is 5.97 Å². The van der Waals surface area contributed by atoms with Crippen molar-refractivity contribution in [1.82, 2.24) is 0 Å². The quantitative estimate of drug-likeness (QED) is 0.569. The maximum absolute atomic E-state index is 12.6. The SMILES string of the molecule is CS(=O)(=O)OCCC(=CF)COC(=O)c1ccccc1. The molecular formula is C13H15FO5S. The van der Waals surface area contributed by atoms with Crippen molar-refractivity contribution in [1.29, 1.82) is 0 Å². The van der Waals surface area contributed by atoms with Crippen LogP contribution in [0.15, 0.2) is 42.2 Å². The molecule has 0 amide bonds. The van der Waals surface area contributed by atoms with Gasteiger partial charge in [-0.2, -0.15) is 8.42 Å². The van der Waals surface area contributed by atoms with Gasteiger partial charge in [-0.05, 0) is 24.1 Å². The van der Waals surface area contributed by atoms with Crippen LogP contribution >= 0.6 is 0 Å². The Balaban J connectivity index is 2.41. The summed E-state index contributed by atoms with van der Waals surface area (Å²) >= 11 is 0. The van der Waals surface area contributed by atoms with E-state index in [1.54, 1.807) is 30.3 Å². The summed E-state index contributed by atoms with van der Waals surface area (Å²) in [5, 5.41) is 0. The molecule has 20 heavy (non-hydrogen) atoms. The van der Waals surface area contributed by atoms with E-state index in [0.717, 1.165) is 6.26 Å². The number of hydrogen-bond donors (Lipinski definition) is 0. The molecule has 0 N–H and O–H groups in total. The molecule has 110 valence electrons. The molecule has 0 fully saturated rings. The van der Waals surface area contributed by atoms with E-state index in [-0.39, 0.29) is 31.5 Å². The average molecular weight is 302 g/mol. The van der Waals surface area contributed by atoms with Gasteiger partial charge in [-0.1, -0.05) is 18.2 Å². The lowest BCUT2D eigenvalue weighted by molar-refractivity contribution is 0.0534. The predicted octanol–water partition coefficient (Wildman–Crippen LogP) is 2.06. The molecule has 5 nitrogen and oxygen atoms in total. The third kappa shape index (κ3) is 6.44. The van der Waals surface area contributed by atoms with E-state index in [1.807, 2.05) is 0 Å². The minimum Gasteiger partial charge on any atom is -0.457 e. The van der Waals surface area contributed by atoms with Crippen LogP contribution in [0.4, 0.5) is 4.39 Å².